The van der Waals surface area contributed by atoms with E-state index in [9.17, 15) is 4.79 Å². The third-order valence-corrected chi connectivity index (χ3v) is 4.99. The molecule has 2 heterocycles. The molecule has 0 aliphatic carbocycles. The van der Waals surface area contributed by atoms with Crippen LogP contribution in [0.4, 0.5) is 0 Å². The van der Waals surface area contributed by atoms with Gasteiger partial charge in [0, 0.05) is 17.9 Å². The molecule has 1 aliphatic heterocycles. The SMILES string of the molecule is CC[NH+]1CCCC1Cn1c(=S)[nH]c2cc(Cl)ccc2c1=O. The van der Waals surface area contributed by atoms with E-state index in [0.717, 1.165) is 13.0 Å². The zero-order chi connectivity index (χ0) is 15.0. The monoisotopic (exact) mass is 324 g/mol. The van der Waals surface area contributed by atoms with Crippen molar-refractivity contribution in [1.29, 1.82) is 0 Å². The van der Waals surface area contributed by atoms with Crippen LogP contribution in [0, 0.1) is 4.77 Å². The van der Waals surface area contributed by atoms with Gasteiger partial charge in [0.1, 0.15) is 6.04 Å². The van der Waals surface area contributed by atoms with Gasteiger partial charge in [-0.15, -0.1) is 0 Å². The highest BCUT2D eigenvalue weighted by Gasteiger charge is 2.28. The van der Waals surface area contributed by atoms with Crippen LogP contribution in [0.15, 0.2) is 23.0 Å². The zero-order valence-corrected chi connectivity index (χ0v) is 13.6. The number of likely N-dealkylation sites (tertiary alicyclic amines) is 1. The standard InChI is InChI=1S/C15H18ClN3OS/c1-2-18-7-3-4-11(18)9-19-14(20)12-6-5-10(16)8-13(12)17-15(19)21/h5-6,8,11H,2-4,7,9H2,1H3,(H,17,21)/p+1. The molecule has 0 radical (unpaired) electrons. The Balaban J connectivity index is 2.05. The van der Waals surface area contributed by atoms with Gasteiger partial charge in [-0.1, -0.05) is 11.6 Å². The van der Waals surface area contributed by atoms with Gasteiger partial charge in [-0.3, -0.25) is 9.36 Å². The van der Waals surface area contributed by atoms with E-state index in [-0.39, 0.29) is 5.56 Å². The second-order valence-electron chi connectivity index (χ2n) is 5.64. The van der Waals surface area contributed by atoms with Gasteiger partial charge in [0.15, 0.2) is 4.77 Å². The first-order valence-corrected chi connectivity index (χ1v) is 8.15. The number of hydrogen-bond donors (Lipinski definition) is 2. The molecule has 21 heavy (non-hydrogen) atoms. The maximum Gasteiger partial charge on any atom is 0.262 e. The van der Waals surface area contributed by atoms with Crippen LogP contribution >= 0.6 is 23.8 Å². The predicted molar refractivity (Wildman–Crippen MR) is 87.8 cm³/mol. The number of rotatable bonds is 3. The second-order valence-corrected chi connectivity index (χ2v) is 6.46. The lowest BCUT2D eigenvalue weighted by Crippen LogP contribution is -3.13. The fourth-order valence-corrected chi connectivity index (χ4v) is 3.72. The van der Waals surface area contributed by atoms with Crippen LogP contribution in [0.1, 0.15) is 19.8 Å². The number of hydrogen-bond acceptors (Lipinski definition) is 2. The van der Waals surface area contributed by atoms with Crippen molar-refractivity contribution < 1.29 is 4.90 Å². The minimum absolute atomic E-state index is 0.0206. The molecular formula is C15H19ClN3OS+. The summed E-state index contributed by atoms with van der Waals surface area (Å²) in [6.07, 6.45) is 2.38. The number of nitrogens with one attached hydrogen (secondary N) is 2. The van der Waals surface area contributed by atoms with Crippen LogP contribution in [-0.2, 0) is 6.54 Å². The molecule has 1 saturated heterocycles. The van der Waals surface area contributed by atoms with E-state index in [0.29, 0.717) is 33.3 Å². The van der Waals surface area contributed by atoms with E-state index in [4.69, 9.17) is 23.8 Å². The molecule has 2 N–H and O–H groups in total. The summed E-state index contributed by atoms with van der Waals surface area (Å²) in [5.74, 6) is 0. The second kappa shape index (κ2) is 5.91. The van der Waals surface area contributed by atoms with Crippen molar-refractivity contribution in [1.82, 2.24) is 9.55 Å². The summed E-state index contributed by atoms with van der Waals surface area (Å²) in [6, 6.07) is 5.73. The number of fused-ring (bicyclic) bond motifs is 1. The predicted octanol–water partition coefficient (Wildman–Crippen LogP) is 1.78. The molecule has 3 rings (SSSR count). The number of quaternary nitrogens is 1. The van der Waals surface area contributed by atoms with Gasteiger partial charge in [-0.2, -0.15) is 0 Å². The topological polar surface area (TPSA) is 42.2 Å². The van der Waals surface area contributed by atoms with Crippen molar-refractivity contribution in [3.8, 4) is 0 Å². The maximum atomic E-state index is 12.7. The third-order valence-electron chi connectivity index (χ3n) is 4.43. The minimum atomic E-state index is -0.0206. The molecule has 112 valence electrons. The summed E-state index contributed by atoms with van der Waals surface area (Å²) in [4.78, 5) is 17.4. The highest BCUT2D eigenvalue weighted by molar-refractivity contribution is 7.71. The Labute approximate surface area is 133 Å². The molecule has 1 aliphatic rings. The van der Waals surface area contributed by atoms with Crippen LogP contribution in [0.5, 0.6) is 0 Å². The summed E-state index contributed by atoms with van der Waals surface area (Å²) in [6.45, 7) is 5.17. The molecule has 0 amide bonds. The van der Waals surface area contributed by atoms with E-state index >= 15 is 0 Å². The summed E-state index contributed by atoms with van der Waals surface area (Å²) >= 11 is 11.3. The fraction of sp³-hybridized carbons (Fsp3) is 0.467. The first kappa shape index (κ1) is 14.8. The number of H-pyrrole nitrogens is 1. The van der Waals surface area contributed by atoms with Gasteiger partial charge in [-0.25, -0.2) is 0 Å². The van der Waals surface area contributed by atoms with Crippen molar-refractivity contribution in [3.05, 3.63) is 38.3 Å². The Morgan fingerprint density at radius 2 is 2.33 bits per heavy atom. The third kappa shape index (κ3) is 2.78. The average Bonchev–Trinajstić information content (AvgIpc) is 2.90. The summed E-state index contributed by atoms with van der Waals surface area (Å²) in [5.41, 5.74) is 0.688. The van der Waals surface area contributed by atoms with Gasteiger partial charge in [0.25, 0.3) is 5.56 Å². The van der Waals surface area contributed by atoms with Crippen molar-refractivity contribution in [2.24, 2.45) is 0 Å². The van der Waals surface area contributed by atoms with E-state index < -0.39 is 0 Å². The average molecular weight is 325 g/mol. The Morgan fingerprint density at radius 1 is 1.52 bits per heavy atom. The molecular weight excluding hydrogens is 306 g/mol. The number of aromatic nitrogens is 2. The van der Waals surface area contributed by atoms with Gasteiger partial charge in [0.05, 0.1) is 30.5 Å². The lowest BCUT2D eigenvalue weighted by Gasteiger charge is -2.20. The largest absolute Gasteiger partial charge is 0.331 e. The number of likely N-dealkylation sites (N-methyl/N-ethyl adjacent to an activating group) is 1. The lowest BCUT2D eigenvalue weighted by atomic mass is 10.2. The molecule has 0 spiro atoms. The van der Waals surface area contributed by atoms with Gasteiger partial charge >= 0.3 is 0 Å². The summed E-state index contributed by atoms with van der Waals surface area (Å²) in [5, 5.41) is 1.24. The molecule has 2 atom stereocenters. The molecule has 2 aromatic rings. The zero-order valence-electron chi connectivity index (χ0n) is 12.0. The fourth-order valence-electron chi connectivity index (χ4n) is 3.28. The molecule has 1 fully saturated rings. The quantitative estimate of drug-likeness (QED) is 0.845. The highest BCUT2D eigenvalue weighted by atomic mass is 35.5. The Morgan fingerprint density at radius 3 is 3.10 bits per heavy atom. The Kier molecular flexibility index (Phi) is 4.15. The Hall–Kier alpha value is -1.17. The maximum absolute atomic E-state index is 12.7. The lowest BCUT2D eigenvalue weighted by molar-refractivity contribution is -0.911. The normalized spacial score (nSPS) is 22.0. The first-order valence-electron chi connectivity index (χ1n) is 7.37. The molecule has 6 heteroatoms. The minimum Gasteiger partial charge on any atom is -0.331 e. The number of nitrogens with zero attached hydrogens (tertiary/aromatic N) is 1. The molecule has 1 aromatic carbocycles. The highest BCUT2D eigenvalue weighted by Crippen LogP contribution is 2.15. The van der Waals surface area contributed by atoms with E-state index in [1.807, 2.05) is 0 Å². The molecule has 0 bridgehead atoms. The van der Waals surface area contributed by atoms with E-state index in [1.165, 1.54) is 13.0 Å². The Bertz CT molecular complexity index is 783. The molecule has 4 nitrogen and oxygen atoms in total. The van der Waals surface area contributed by atoms with Gasteiger partial charge in [-0.05, 0) is 37.3 Å². The molecule has 2 unspecified atom stereocenters. The van der Waals surface area contributed by atoms with Gasteiger partial charge < -0.3 is 9.88 Å². The number of halogens is 1. The smallest absolute Gasteiger partial charge is 0.262 e. The summed E-state index contributed by atoms with van der Waals surface area (Å²) < 4.78 is 2.19. The van der Waals surface area contributed by atoms with Crippen molar-refractivity contribution in [3.63, 3.8) is 0 Å². The summed E-state index contributed by atoms with van der Waals surface area (Å²) in [7, 11) is 0. The van der Waals surface area contributed by atoms with Crippen molar-refractivity contribution in [2.45, 2.75) is 32.4 Å². The van der Waals surface area contributed by atoms with Crippen LogP contribution in [-0.4, -0.2) is 28.7 Å². The van der Waals surface area contributed by atoms with Gasteiger partial charge in [0.2, 0.25) is 0 Å². The number of benzene rings is 1. The van der Waals surface area contributed by atoms with Crippen LogP contribution in [0.3, 0.4) is 0 Å². The van der Waals surface area contributed by atoms with E-state index in [2.05, 4.69) is 11.9 Å². The van der Waals surface area contributed by atoms with Crippen LogP contribution in [0.2, 0.25) is 5.02 Å². The van der Waals surface area contributed by atoms with Crippen LogP contribution in [0.25, 0.3) is 10.9 Å². The van der Waals surface area contributed by atoms with Crippen molar-refractivity contribution in [2.75, 3.05) is 13.1 Å². The first-order chi connectivity index (χ1) is 10.1. The van der Waals surface area contributed by atoms with Crippen molar-refractivity contribution >= 4 is 34.7 Å². The molecule has 1 aromatic heterocycles. The number of aromatic amines is 1. The van der Waals surface area contributed by atoms with E-state index in [1.54, 1.807) is 27.7 Å². The van der Waals surface area contributed by atoms with Crippen LogP contribution < -0.4 is 10.5 Å². The molecule has 0 saturated carbocycles.